The number of amides is 1. The van der Waals surface area contributed by atoms with E-state index in [9.17, 15) is 9.18 Å². The smallest absolute Gasteiger partial charge is 0.221 e. The van der Waals surface area contributed by atoms with Crippen molar-refractivity contribution in [2.45, 2.75) is 24.5 Å². The van der Waals surface area contributed by atoms with Gasteiger partial charge in [0.05, 0.1) is 12.2 Å². The van der Waals surface area contributed by atoms with Gasteiger partial charge in [-0.3, -0.25) is 4.79 Å². The van der Waals surface area contributed by atoms with Gasteiger partial charge in [-0.2, -0.15) is 0 Å². The summed E-state index contributed by atoms with van der Waals surface area (Å²) in [6.45, 7) is 0. The predicted molar refractivity (Wildman–Crippen MR) is 89.6 cm³/mol. The molecule has 1 amide bonds. The van der Waals surface area contributed by atoms with Crippen LogP contribution in [0.5, 0.6) is 0 Å². The topological polar surface area (TPSA) is 53.2 Å². The van der Waals surface area contributed by atoms with Crippen molar-refractivity contribution in [3.8, 4) is 0 Å². The first-order valence-corrected chi connectivity index (χ1v) is 8.31. The molecule has 4 atom stereocenters. The summed E-state index contributed by atoms with van der Waals surface area (Å²) in [4.78, 5) is 12.1. The molecule has 0 radical (unpaired) electrons. The predicted octanol–water partition coefficient (Wildman–Crippen LogP) is 2.87. The maximum atomic E-state index is 13.3. The molecule has 2 aromatic rings. The monoisotopic (exact) mass is 345 g/mol. The van der Waals surface area contributed by atoms with Crippen molar-refractivity contribution in [3.05, 3.63) is 70.5 Å². The van der Waals surface area contributed by atoms with Crippen LogP contribution in [0.15, 0.2) is 48.5 Å². The van der Waals surface area contributed by atoms with Crippen molar-refractivity contribution in [3.63, 3.8) is 0 Å². The van der Waals surface area contributed by atoms with Crippen LogP contribution in [0, 0.1) is 11.7 Å². The van der Waals surface area contributed by atoms with Gasteiger partial charge >= 0.3 is 0 Å². The number of fused-ring (bicyclic) bond motifs is 1. The Hall–Kier alpha value is -1.95. The Labute approximate surface area is 144 Å². The van der Waals surface area contributed by atoms with E-state index in [0.29, 0.717) is 11.4 Å². The quantitative estimate of drug-likeness (QED) is 0.784. The summed E-state index contributed by atoms with van der Waals surface area (Å²) in [7, 11) is 0. The molecule has 0 saturated carbocycles. The lowest BCUT2D eigenvalue weighted by Gasteiger charge is -2.36. The summed E-state index contributed by atoms with van der Waals surface area (Å²) in [5, 5.41) is 3.68. The number of nitrogens with one attached hydrogen (secondary N) is 3. The van der Waals surface area contributed by atoms with E-state index in [-0.39, 0.29) is 35.8 Å². The molecule has 3 N–H and O–H groups in total. The van der Waals surface area contributed by atoms with Gasteiger partial charge < -0.3 is 5.32 Å². The van der Waals surface area contributed by atoms with E-state index in [1.165, 1.54) is 12.1 Å². The van der Waals surface area contributed by atoms with E-state index in [0.717, 1.165) is 11.1 Å². The number of piperidine rings is 1. The average molecular weight is 346 g/mol. The molecule has 0 spiro atoms. The molecule has 2 saturated heterocycles. The molecule has 4 nitrogen and oxygen atoms in total. The van der Waals surface area contributed by atoms with Gasteiger partial charge in [0.1, 0.15) is 5.82 Å². The first-order chi connectivity index (χ1) is 11.6. The van der Waals surface area contributed by atoms with Crippen LogP contribution in [-0.4, -0.2) is 12.1 Å². The number of halogens is 2. The highest BCUT2D eigenvalue weighted by Crippen LogP contribution is 2.43. The van der Waals surface area contributed by atoms with Gasteiger partial charge in [-0.05, 0) is 35.4 Å². The number of hydrogen-bond donors (Lipinski definition) is 3. The largest absolute Gasteiger partial charge is 0.339 e. The maximum absolute atomic E-state index is 13.3. The molecule has 24 heavy (non-hydrogen) atoms. The van der Waals surface area contributed by atoms with Crippen LogP contribution in [0.2, 0.25) is 5.02 Å². The van der Waals surface area contributed by atoms with Gasteiger partial charge in [0.25, 0.3) is 0 Å². The zero-order valence-corrected chi connectivity index (χ0v) is 13.6. The second-order valence-corrected chi connectivity index (χ2v) is 6.74. The third-order valence-electron chi connectivity index (χ3n) is 4.88. The summed E-state index contributed by atoms with van der Waals surface area (Å²) in [6.07, 6.45) is 0.224. The second-order valence-electron chi connectivity index (χ2n) is 6.30. The van der Waals surface area contributed by atoms with E-state index in [4.69, 9.17) is 11.6 Å². The Morgan fingerprint density at radius 2 is 1.62 bits per heavy atom. The average Bonchev–Trinajstić information content (AvgIpc) is 2.99. The number of benzene rings is 2. The fraction of sp³-hybridized carbons (Fsp3) is 0.278. The first kappa shape index (κ1) is 15.6. The lowest BCUT2D eigenvalue weighted by molar-refractivity contribution is -0.125. The third-order valence-corrected chi connectivity index (χ3v) is 5.13. The van der Waals surface area contributed by atoms with Crippen LogP contribution in [0.3, 0.4) is 0 Å². The Bertz CT molecular complexity index is 750. The van der Waals surface area contributed by atoms with Crippen LogP contribution >= 0.6 is 11.6 Å². The summed E-state index contributed by atoms with van der Waals surface area (Å²) >= 11 is 5.99. The van der Waals surface area contributed by atoms with Gasteiger partial charge in [-0.1, -0.05) is 35.9 Å². The molecule has 0 bridgehead atoms. The molecule has 2 aliphatic heterocycles. The van der Waals surface area contributed by atoms with Crippen LogP contribution < -0.4 is 16.2 Å². The summed E-state index contributed by atoms with van der Waals surface area (Å²) in [5.41, 5.74) is 8.54. The number of hydrazine groups is 1. The van der Waals surface area contributed by atoms with E-state index < -0.39 is 0 Å². The van der Waals surface area contributed by atoms with Gasteiger partial charge in [-0.15, -0.1) is 0 Å². The molecule has 2 heterocycles. The SMILES string of the molecule is O=C1CC(c2ccc(F)cc2)C2C(NNC2c2ccc(Cl)cc2)N1. The number of carbonyl (C=O) groups excluding carboxylic acids is 1. The molecule has 6 heteroatoms. The van der Waals surface area contributed by atoms with Crippen molar-refractivity contribution in [2.75, 3.05) is 0 Å². The number of carbonyl (C=O) groups is 1. The summed E-state index contributed by atoms with van der Waals surface area (Å²) < 4.78 is 13.3. The molecule has 4 unspecified atom stereocenters. The van der Waals surface area contributed by atoms with Gasteiger partial charge in [-0.25, -0.2) is 15.2 Å². The molecule has 2 fully saturated rings. The van der Waals surface area contributed by atoms with Gasteiger partial charge in [0.2, 0.25) is 5.91 Å². The van der Waals surface area contributed by atoms with Gasteiger partial charge in [0, 0.05) is 23.3 Å². The molecular weight excluding hydrogens is 329 g/mol. The molecule has 4 rings (SSSR count). The minimum absolute atomic E-state index is 0.00312. The zero-order chi connectivity index (χ0) is 16.7. The van der Waals surface area contributed by atoms with E-state index >= 15 is 0 Å². The highest BCUT2D eigenvalue weighted by molar-refractivity contribution is 6.30. The van der Waals surface area contributed by atoms with Crippen molar-refractivity contribution < 1.29 is 9.18 Å². The number of hydrogen-bond acceptors (Lipinski definition) is 3. The van der Waals surface area contributed by atoms with Crippen LogP contribution in [-0.2, 0) is 4.79 Å². The fourth-order valence-electron chi connectivity index (χ4n) is 3.76. The Morgan fingerprint density at radius 1 is 0.958 bits per heavy atom. The molecular formula is C18H17ClFN3O. The highest BCUT2D eigenvalue weighted by atomic mass is 35.5. The number of rotatable bonds is 2. The minimum atomic E-state index is -0.271. The van der Waals surface area contributed by atoms with E-state index in [1.54, 1.807) is 12.1 Å². The van der Waals surface area contributed by atoms with Crippen molar-refractivity contribution >= 4 is 17.5 Å². The molecule has 0 aliphatic carbocycles. The van der Waals surface area contributed by atoms with Crippen LogP contribution in [0.25, 0.3) is 0 Å². The highest BCUT2D eigenvalue weighted by Gasteiger charge is 2.46. The first-order valence-electron chi connectivity index (χ1n) is 7.93. The Balaban J connectivity index is 1.70. The molecule has 2 aliphatic rings. The third kappa shape index (κ3) is 2.79. The van der Waals surface area contributed by atoms with Gasteiger partial charge in [0.15, 0.2) is 0 Å². The van der Waals surface area contributed by atoms with Crippen LogP contribution in [0.4, 0.5) is 4.39 Å². The minimum Gasteiger partial charge on any atom is -0.339 e. The molecule has 0 aromatic heterocycles. The summed E-state index contributed by atoms with van der Waals surface area (Å²) in [6, 6.07) is 14.2. The normalized spacial score (nSPS) is 29.2. The lowest BCUT2D eigenvalue weighted by Crippen LogP contribution is -2.52. The maximum Gasteiger partial charge on any atom is 0.221 e. The Kier molecular flexibility index (Phi) is 4.00. The molecule has 2 aromatic carbocycles. The molecule has 124 valence electrons. The summed E-state index contributed by atoms with van der Waals surface area (Å²) in [5.74, 6) is -0.147. The zero-order valence-electron chi connectivity index (χ0n) is 12.8. The lowest BCUT2D eigenvalue weighted by atomic mass is 9.74. The van der Waals surface area contributed by atoms with Crippen LogP contribution in [0.1, 0.15) is 29.5 Å². The standard InChI is InChI=1S/C18H17ClFN3O/c19-12-5-1-11(2-6-12)17-16-14(10-3-7-13(20)8-4-10)9-15(24)21-18(16)23-22-17/h1-8,14,16-18,22-23H,9H2,(H,21,24). The van der Waals surface area contributed by atoms with Crippen molar-refractivity contribution in [2.24, 2.45) is 5.92 Å². The second kappa shape index (κ2) is 6.16. The fourth-order valence-corrected chi connectivity index (χ4v) is 3.88. The van der Waals surface area contributed by atoms with Crippen molar-refractivity contribution in [1.29, 1.82) is 0 Å². The van der Waals surface area contributed by atoms with Crippen molar-refractivity contribution in [1.82, 2.24) is 16.2 Å². The Morgan fingerprint density at radius 3 is 2.33 bits per heavy atom. The van der Waals surface area contributed by atoms with E-state index in [1.807, 2.05) is 24.3 Å². The van der Waals surface area contributed by atoms with E-state index in [2.05, 4.69) is 16.2 Å².